The van der Waals surface area contributed by atoms with Gasteiger partial charge in [0.2, 0.25) is 0 Å². The summed E-state index contributed by atoms with van der Waals surface area (Å²) >= 11 is 5.65. The Labute approximate surface area is 121 Å². The smallest absolute Gasteiger partial charge is 0.306 e. The van der Waals surface area contributed by atoms with E-state index >= 15 is 0 Å². The highest BCUT2D eigenvalue weighted by Gasteiger charge is 2.33. The lowest BCUT2D eigenvalue weighted by molar-refractivity contribution is -0.145. The van der Waals surface area contributed by atoms with E-state index < -0.39 is 23.6 Å². The molecule has 0 radical (unpaired) electrons. The van der Waals surface area contributed by atoms with Crippen LogP contribution >= 0.6 is 11.6 Å². The van der Waals surface area contributed by atoms with E-state index in [1.807, 2.05) is 0 Å². The number of likely N-dealkylation sites (tertiary alicyclic amines) is 1. The van der Waals surface area contributed by atoms with Gasteiger partial charge in [0.15, 0.2) is 0 Å². The third-order valence-corrected chi connectivity index (χ3v) is 3.91. The minimum absolute atomic E-state index is 0.0321. The maximum absolute atomic E-state index is 13.7. The van der Waals surface area contributed by atoms with Crippen LogP contribution in [0.5, 0.6) is 0 Å². The standard InChI is InChI=1S/C14H15ClFNO3/c1-8-7-17(5-4-10(8)14(19)20)13(18)11-3-2-9(15)6-12(11)16/h2-3,6,8,10H,4-5,7H2,1H3,(H,19,20). The van der Waals surface area contributed by atoms with Crippen molar-refractivity contribution in [3.05, 3.63) is 34.6 Å². The number of benzene rings is 1. The molecule has 1 fully saturated rings. The van der Waals surface area contributed by atoms with Gasteiger partial charge in [0, 0.05) is 18.1 Å². The fraction of sp³-hybridized carbons (Fsp3) is 0.429. The minimum atomic E-state index is -0.845. The summed E-state index contributed by atoms with van der Waals surface area (Å²) in [6.07, 6.45) is 0.386. The molecule has 0 aromatic heterocycles. The maximum Gasteiger partial charge on any atom is 0.306 e. The minimum Gasteiger partial charge on any atom is -0.481 e. The lowest BCUT2D eigenvalue weighted by Crippen LogP contribution is -2.45. The first-order chi connectivity index (χ1) is 9.40. The number of piperidine rings is 1. The monoisotopic (exact) mass is 299 g/mol. The third kappa shape index (κ3) is 2.93. The van der Waals surface area contributed by atoms with Gasteiger partial charge < -0.3 is 10.0 Å². The molecule has 108 valence electrons. The molecule has 1 saturated heterocycles. The Morgan fingerprint density at radius 3 is 2.70 bits per heavy atom. The Kier molecular flexibility index (Phi) is 4.28. The Balaban J connectivity index is 2.13. The number of hydrogen-bond acceptors (Lipinski definition) is 2. The predicted octanol–water partition coefficient (Wildman–Crippen LogP) is 2.66. The summed E-state index contributed by atoms with van der Waals surface area (Å²) in [5.74, 6) is -2.53. The number of rotatable bonds is 2. The number of nitrogens with zero attached hydrogens (tertiary/aromatic N) is 1. The van der Waals surface area contributed by atoms with E-state index in [9.17, 15) is 14.0 Å². The molecule has 1 aromatic rings. The molecule has 2 atom stereocenters. The van der Waals surface area contributed by atoms with Crippen LogP contribution in [0.1, 0.15) is 23.7 Å². The average Bonchev–Trinajstić information content (AvgIpc) is 2.37. The van der Waals surface area contributed by atoms with Crippen LogP contribution in [0.15, 0.2) is 18.2 Å². The van der Waals surface area contributed by atoms with Crippen LogP contribution in [0.2, 0.25) is 5.02 Å². The van der Waals surface area contributed by atoms with Crippen molar-refractivity contribution >= 4 is 23.5 Å². The Morgan fingerprint density at radius 1 is 1.45 bits per heavy atom. The second-order valence-electron chi connectivity index (χ2n) is 5.09. The van der Waals surface area contributed by atoms with E-state index in [0.717, 1.165) is 6.07 Å². The van der Waals surface area contributed by atoms with Gasteiger partial charge in [-0.1, -0.05) is 18.5 Å². The van der Waals surface area contributed by atoms with Gasteiger partial charge in [-0.2, -0.15) is 0 Å². The second kappa shape index (κ2) is 5.79. The summed E-state index contributed by atoms with van der Waals surface area (Å²) in [6, 6.07) is 3.92. The average molecular weight is 300 g/mol. The molecule has 4 nitrogen and oxygen atoms in total. The zero-order valence-corrected chi connectivity index (χ0v) is 11.7. The van der Waals surface area contributed by atoms with E-state index in [-0.39, 0.29) is 16.5 Å². The van der Waals surface area contributed by atoms with Gasteiger partial charge in [-0.05, 0) is 30.5 Å². The highest BCUT2D eigenvalue weighted by molar-refractivity contribution is 6.30. The van der Waals surface area contributed by atoms with Gasteiger partial charge in [-0.15, -0.1) is 0 Å². The van der Waals surface area contributed by atoms with Crippen LogP contribution in [0, 0.1) is 17.7 Å². The van der Waals surface area contributed by atoms with Crippen LogP contribution in [-0.2, 0) is 4.79 Å². The van der Waals surface area contributed by atoms with Crippen molar-refractivity contribution in [1.29, 1.82) is 0 Å². The van der Waals surface area contributed by atoms with Crippen LogP contribution in [0.4, 0.5) is 4.39 Å². The normalized spacial score (nSPS) is 22.6. The Bertz CT molecular complexity index is 549. The molecule has 2 rings (SSSR count). The van der Waals surface area contributed by atoms with Crippen LogP contribution in [-0.4, -0.2) is 35.0 Å². The summed E-state index contributed by atoms with van der Waals surface area (Å²) in [6.45, 7) is 2.43. The number of carbonyl (C=O) groups is 2. The zero-order valence-electron chi connectivity index (χ0n) is 11.0. The fourth-order valence-corrected chi connectivity index (χ4v) is 2.69. The molecule has 0 bridgehead atoms. The quantitative estimate of drug-likeness (QED) is 0.913. The van der Waals surface area contributed by atoms with E-state index in [1.54, 1.807) is 6.92 Å². The largest absolute Gasteiger partial charge is 0.481 e. The number of aliphatic carboxylic acids is 1. The fourth-order valence-electron chi connectivity index (χ4n) is 2.53. The first kappa shape index (κ1) is 14.8. The number of halogens is 2. The van der Waals surface area contributed by atoms with Crippen LogP contribution < -0.4 is 0 Å². The lowest BCUT2D eigenvalue weighted by Gasteiger charge is -2.35. The molecule has 1 aromatic carbocycles. The number of hydrogen-bond donors (Lipinski definition) is 1. The molecule has 1 N–H and O–H groups in total. The van der Waals surface area contributed by atoms with Gasteiger partial charge in [0.1, 0.15) is 5.82 Å². The van der Waals surface area contributed by atoms with Crippen molar-refractivity contribution in [1.82, 2.24) is 4.90 Å². The molecule has 20 heavy (non-hydrogen) atoms. The summed E-state index contributed by atoms with van der Waals surface area (Å²) in [7, 11) is 0. The second-order valence-corrected chi connectivity index (χ2v) is 5.52. The molecular weight excluding hydrogens is 285 g/mol. The molecule has 0 spiro atoms. The van der Waals surface area contributed by atoms with E-state index in [1.165, 1.54) is 17.0 Å². The van der Waals surface area contributed by atoms with E-state index in [4.69, 9.17) is 16.7 Å². The molecule has 1 aliphatic heterocycles. The number of carbonyl (C=O) groups excluding carboxylic acids is 1. The molecule has 1 heterocycles. The van der Waals surface area contributed by atoms with Crippen LogP contribution in [0.25, 0.3) is 0 Å². The Morgan fingerprint density at radius 2 is 2.15 bits per heavy atom. The summed E-state index contributed by atoms with van der Waals surface area (Å²) in [5.41, 5.74) is -0.0321. The molecule has 0 saturated carbocycles. The van der Waals surface area contributed by atoms with Crippen molar-refractivity contribution in [2.45, 2.75) is 13.3 Å². The van der Waals surface area contributed by atoms with Crippen molar-refractivity contribution in [2.75, 3.05) is 13.1 Å². The summed E-state index contributed by atoms with van der Waals surface area (Å²) < 4.78 is 13.7. The zero-order chi connectivity index (χ0) is 14.9. The van der Waals surface area contributed by atoms with Crippen molar-refractivity contribution in [3.8, 4) is 0 Å². The van der Waals surface area contributed by atoms with Gasteiger partial charge in [0.25, 0.3) is 5.91 Å². The molecule has 1 amide bonds. The number of carboxylic acids is 1. The number of carboxylic acid groups (broad SMARTS) is 1. The van der Waals surface area contributed by atoms with E-state index in [0.29, 0.717) is 19.5 Å². The first-order valence-corrected chi connectivity index (χ1v) is 6.75. The van der Waals surface area contributed by atoms with Crippen molar-refractivity contribution in [2.24, 2.45) is 11.8 Å². The van der Waals surface area contributed by atoms with Crippen LogP contribution in [0.3, 0.4) is 0 Å². The van der Waals surface area contributed by atoms with Crippen molar-refractivity contribution in [3.63, 3.8) is 0 Å². The molecule has 1 aliphatic rings. The summed E-state index contributed by atoms with van der Waals surface area (Å²) in [5, 5.41) is 9.28. The molecular formula is C14H15ClFNO3. The van der Waals surface area contributed by atoms with Crippen molar-refractivity contribution < 1.29 is 19.1 Å². The maximum atomic E-state index is 13.7. The SMILES string of the molecule is CC1CN(C(=O)c2ccc(Cl)cc2F)CCC1C(=O)O. The predicted molar refractivity (Wildman–Crippen MR) is 72.2 cm³/mol. The molecule has 2 unspecified atom stereocenters. The number of amides is 1. The third-order valence-electron chi connectivity index (χ3n) is 3.67. The van der Waals surface area contributed by atoms with Gasteiger partial charge >= 0.3 is 5.97 Å². The lowest BCUT2D eigenvalue weighted by atomic mass is 9.87. The Hall–Kier alpha value is -1.62. The highest BCUT2D eigenvalue weighted by Crippen LogP contribution is 2.25. The van der Waals surface area contributed by atoms with E-state index in [2.05, 4.69) is 0 Å². The first-order valence-electron chi connectivity index (χ1n) is 6.37. The highest BCUT2D eigenvalue weighted by atomic mass is 35.5. The summed E-state index contributed by atoms with van der Waals surface area (Å²) in [4.78, 5) is 24.8. The van der Waals surface area contributed by atoms with Gasteiger partial charge in [-0.25, -0.2) is 4.39 Å². The molecule has 6 heteroatoms. The van der Waals surface area contributed by atoms with Gasteiger partial charge in [-0.3, -0.25) is 9.59 Å². The topological polar surface area (TPSA) is 57.6 Å². The molecule has 0 aliphatic carbocycles. The van der Waals surface area contributed by atoms with Gasteiger partial charge in [0.05, 0.1) is 11.5 Å².